The van der Waals surface area contributed by atoms with Crippen molar-refractivity contribution in [3.8, 4) is 5.75 Å². The summed E-state index contributed by atoms with van der Waals surface area (Å²) in [6, 6.07) is 7.51. The highest BCUT2D eigenvalue weighted by atomic mass is 35.5. The van der Waals surface area contributed by atoms with E-state index in [2.05, 4.69) is 10.6 Å². The number of hydrogen-bond donors (Lipinski definition) is 2. The van der Waals surface area contributed by atoms with E-state index in [1.54, 1.807) is 0 Å². The third-order valence-electron chi connectivity index (χ3n) is 4.74. The van der Waals surface area contributed by atoms with Crippen molar-refractivity contribution in [2.24, 2.45) is 11.8 Å². The molecule has 23 heavy (non-hydrogen) atoms. The number of benzene rings is 1. The van der Waals surface area contributed by atoms with Crippen LogP contribution in [0.4, 0.5) is 0 Å². The highest BCUT2D eigenvalue weighted by Gasteiger charge is 2.17. The van der Waals surface area contributed by atoms with Crippen molar-refractivity contribution in [2.75, 3.05) is 26.2 Å². The minimum absolute atomic E-state index is 0. The Morgan fingerprint density at radius 1 is 1.09 bits per heavy atom. The van der Waals surface area contributed by atoms with Gasteiger partial charge in [0.25, 0.3) is 5.91 Å². The second-order valence-corrected chi connectivity index (χ2v) is 6.57. The predicted octanol–water partition coefficient (Wildman–Crippen LogP) is 3.02. The van der Waals surface area contributed by atoms with Gasteiger partial charge in [0.15, 0.2) is 0 Å². The van der Waals surface area contributed by atoms with Crippen molar-refractivity contribution in [3.05, 3.63) is 29.8 Å². The quantitative estimate of drug-likeness (QED) is 0.838. The lowest BCUT2D eigenvalue weighted by molar-refractivity contribution is 0.0942. The molecular formula is C18H27ClN2O2. The Balaban J connectivity index is 0.00000192. The van der Waals surface area contributed by atoms with E-state index in [0.717, 1.165) is 32.0 Å². The van der Waals surface area contributed by atoms with Crippen LogP contribution in [-0.4, -0.2) is 32.1 Å². The fourth-order valence-electron chi connectivity index (χ4n) is 3.10. The Kier molecular flexibility index (Phi) is 7.18. The van der Waals surface area contributed by atoms with E-state index >= 15 is 0 Å². The number of amides is 1. The van der Waals surface area contributed by atoms with E-state index in [9.17, 15) is 4.79 Å². The molecule has 2 aliphatic rings. The van der Waals surface area contributed by atoms with Crippen LogP contribution in [0.25, 0.3) is 0 Å². The van der Waals surface area contributed by atoms with Gasteiger partial charge in [0.1, 0.15) is 5.75 Å². The molecule has 2 fully saturated rings. The van der Waals surface area contributed by atoms with Crippen LogP contribution in [0.1, 0.15) is 42.5 Å². The molecule has 128 valence electrons. The van der Waals surface area contributed by atoms with E-state index < -0.39 is 0 Å². The average Bonchev–Trinajstić information content (AvgIpc) is 2.53. The van der Waals surface area contributed by atoms with Gasteiger partial charge in [-0.1, -0.05) is 19.3 Å². The largest absolute Gasteiger partial charge is 0.493 e. The molecular weight excluding hydrogens is 312 g/mol. The smallest absolute Gasteiger partial charge is 0.251 e. The topological polar surface area (TPSA) is 50.4 Å². The predicted molar refractivity (Wildman–Crippen MR) is 94.5 cm³/mol. The van der Waals surface area contributed by atoms with Gasteiger partial charge in [-0.3, -0.25) is 4.79 Å². The molecule has 3 rings (SSSR count). The summed E-state index contributed by atoms with van der Waals surface area (Å²) in [6.45, 7) is 3.58. The normalized spacial score (nSPS) is 18.6. The van der Waals surface area contributed by atoms with Crippen molar-refractivity contribution in [1.29, 1.82) is 0 Å². The summed E-state index contributed by atoms with van der Waals surface area (Å²) in [5, 5.41) is 6.19. The van der Waals surface area contributed by atoms with Crippen molar-refractivity contribution in [2.45, 2.75) is 32.1 Å². The van der Waals surface area contributed by atoms with Crippen molar-refractivity contribution < 1.29 is 9.53 Å². The maximum absolute atomic E-state index is 12.0. The minimum Gasteiger partial charge on any atom is -0.493 e. The van der Waals surface area contributed by atoms with E-state index in [0.29, 0.717) is 17.4 Å². The van der Waals surface area contributed by atoms with Gasteiger partial charge in [0.05, 0.1) is 6.61 Å². The Morgan fingerprint density at radius 3 is 2.39 bits per heavy atom. The summed E-state index contributed by atoms with van der Waals surface area (Å²) in [6.07, 6.45) is 6.62. The van der Waals surface area contributed by atoms with Crippen LogP contribution in [0.5, 0.6) is 5.75 Å². The van der Waals surface area contributed by atoms with Crippen LogP contribution in [0.15, 0.2) is 24.3 Å². The standard InChI is InChI=1S/C18H26N2O2.ClH/c21-18(20-12-15-10-19-11-15)16-6-8-17(9-7-16)22-13-14-4-2-1-3-5-14;/h6-9,14-15,19H,1-5,10-13H2,(H,20,21);1H. The first-order chi connectivity index (χ1) is 10.8. The lowest BCUT2D eigenvalue weighted by Gasteiger charge is -2.27. The summed E-state index contributed by atoms with van der Waals surface area (Å²) in [5.41, 5.74) is 0.706. The van der Waals surface area contributed by atoms with Gasteiger partial charge in [-0.25, -0.2) is 0 Å². The van der Waals surface area contributed by atoms with Crippen LogP contribution in [0, 0.1) is 11.8 Å². The van der Waals surface area contributed by atoms with Crippen LogP contribution in [0.3, 0.4) is 0 Å². The molecule has 4 nitrogen and oxygen atoms in total. The molecule has 0 unspecified atom stereocenters. The van der Waals surface area contributed by atoms with Crippen LogP contribution in [-0.2, 0) is 0 Å². The van der Waals surface area contributed by atoms with Gasteiger partial charge < -0.3 is 15.4 Å². The highest BCUT2D eigenvalue weighted by molar-refractivity contribution is 5.94. The molecule has 5 heteroatoms. The summed E-state index contributed by atoms with van der Waals surface area (Å²) < 4.78 is 5.86. The molecule has 0 bridgehead atoms. The Labute approximate surface area is 144 Å². The number of rotatable bonds is 6. The molecule has 1 aliphatic carbocycles. The minimum atomic E-state index is 0. The Hall–Kier alpha value is -1.26. The van der Waals surface area contributed by atoms with Gasteiger partial charge in [-0.2, -0.15) is 0 Å². The number of halogens is 1. The van der Waals surface area contributed by atoms with E-state index in [1.807, 2.05) is 24.3 Å². The molecule has 1 saturated carbocycles. The third-order valence-corrected chi connectivity index (χ3v) is 4.74. The number of ether oxygens (including phenoxy) is 1. The molecule has 0 spiro atoms. The van der Waals surface area contributed by atoms with Gasteiger partial charge >= 0.3 is 0 Å². The van der Waals surface area contributed by atoms with Gasteiger partial charge in [0, 0.05) is 31.1 Å². The second kappa shape index (κ2) is 9.14. The first-order valence-corrected chi connectivity index (χ1v) is 8.53. The van der Waals surface area contributed by atoms with Crippen molar-refractivity contribution >= 4 is 18.3 Å². The number of carbonyl (C=O) groups is 1. The molecule has 1 aromatic carbocycles. The van der Waals surface area contributed by atoms with Crippen LogP contribution < -0.4 is 15.4 Å². The van der Waals surface area contributed by atoms with Gasteiger partial charge in [-0.15, -0.1) is 12.4 Å². The fourth-order valence-corrected chi connectivity index (χ4v) is 3.10. The zero-order valence-corrected chi connectivity index (χ0v) is 14.4. The zero-order chi connectivity index (χ0) is 15.2. The van der Waals surface area contributed by atoms with Crippen molar-refractivity contribution in [3.63, 3.8) is 0 Å². The molecule has 1 aliphatic heterocycles. The molecule has 2 N–H and O–H groups in total. The zero-order valence-electron chi connectivity index (χ0n) is 13.6. The molecule has 1 heterocycles. The average molecular weight is 339 g/mol. The summed E-state index contributed by atoms with van der Waals surface area (Å²) in [4.78, 5) is 12.0. The molecule has 0 aromatic heterocycles. The number of hydrogen-bond acceptors (Lipinski definition) is 3. The van der Waals surface area contributed by atoms with E-state index in [4.69, 9.17) is 4.74 Å². The Bertz CT molecular complexity index is 482. The monoisotopic (exact) mass is 338 g/mol. The third kappa shape index (κ3) is 5.40. The highest BCUT2D eigenvalue weighted by Crippen LogP contribution is 2.24. The molecule has 1 aromatic rings. The Morgan fingerprint density at radius 2 is 1.78 bits per heavy atom. The molecule has 0 radical (unpaired) electrons. The summed E-state index contributed by atoms with van der Waals surface area (Å²) in [7, 11) is 0. The first kappa shape index (κ1) is 18.1. The maximum Gasteiger partial charge on any atom is 0.251 e. The van der Waals surface area contributed by atoms with Crippen LogP contribution in [0.2, 0.25) is 0 Å². The summed E-state index contributed by atoms with van der Waals surface area (Å²) >= 11 is 0. The second-order valence-electron chi connectivity index (χ2n) is 6.57. The van der Waals surface area contributed by atoms with Crippen LogP contribution >= 0.6 is 12.4 Å². The summed E-state index contributed by atoms with van der Waals surface area (Å²) in [5.74, 6) is 2.16. The first-order valence-electron chi connectivity index (χ1n) is 8.53. The number of nitrogens with one attached hydrogen (secondary N) is 2. The molecule has 1 saturated heterocycles. The van der Waals surface area contributed by atoms with Crippen molar-refractivity contribution in [1.82, 2.24) is 10.6 Å². The van der Waals surface area contributed by atoms with E-state index in [-0.39, 0.29) is 18.3 Å². The lowest BCUT2D eigenvalue weighted by atomic mass is 9.90. The van der Waals surface area contributed by atoms with E-state index in [1.165, 1.54) is 32.1 Å². The molecule has 0 atom stereocenters. The molecule has 1 amide bonds. The lowest BCUT2D eigenvalue weighted by Crippen LogP contribution is -2.48. The van der Waals surface area contributed by atoms with Gasteiger partial charge in [0.2, 0.25) is 0 Å². The SMILES string of the molecule is Cl.O=C(NCC1CNC1)c1ccc(OCC2CCCCC2)cc1. The maximum atomic E-state index is 12.0. The van der Waals surface area contributed by atoms with Gasteiger partial charge in [-0.05, 0) is 43.0 Å². The number of carbonyl (C=O) groups excluding carboxylic acids is 1. The fraction of sp³-hybridized carbons (Fsp3) is 0.611.